The van der Waals surface area contributed by atoms with Crippen molar-refractivity contribution in [2.45, 2.75) is 19.3 Å². The Hall–Kier alpha value is -2.29. The maximum absolute atomic E-state index is 10.9. The molecule has 0 atom stereocenters. The predicted molar refractivity (Wildman–Crippen MR) is 73.7 cm³/mol. The molecular weight excluding hydrogens is 240 g/mol. The number of hydrogen-bond donors (Lipinski definition) is 2. The summed E-state index contributed by atoms with van der Waals surface area (Å²) < 4.78 is 0. The third-order valence-corrected chi connectivity index (χ3v) is 3.47. The van der Waals surface area contributed by atoms with Crippen molar-refractivity contribution in [3.05, 3.63) is 59.2 Å². The van der Waals surface area contributed by atoms with Gasteiger partial charge in [0.15, 0.2) is 6.29 Å². The van der Waals surface area contributed by atoms with Crippen molar-refractivity contribution in [1.29, 1.82) is 0 Å². The second-order valence-electron chi connectivity index (χ2n) is 5.06. The van der Waals surface area contributed by atoms with Crippen LogP contribution in [-0.2, 0) is 5.41 Å². The van der Waals surface area contributed by atoms with Gasteiger partial charge in [-0.25, -0.2) is 0 Å². The van der Waals surface area contributed by atoms with E-state index < -0.39 is 0 Å². The second-order valence-corrected chi connectivity index (χ2v) is 5.06. The maximum Gasteiger partial charge on any atom is 0.153 e. The van der Waals surface area contributed by atoms with Crippen LogP contribution >= 0.6 is 0 Å². The number of rotatable bonds is 3. The van der Waals surface area contributed by atoms with E-state index >= 15 is 0 Å². The maximum atomic E-state index is 10.9. The molecule has 2 N–H and O–H groups in total. The minimum atomic E-state index is -0.320. The molecule has 3 nitrogen and oxygen atoms in total. The first-order chi connectivity index (χ1) is 8.95. The average molecular weight is 256 g/mol. The highest BCUT2D eigenvalue weighted by Crippen LogP contribution is 2.34. The van der Waals surface area contributed by atoms with E-state index in [1.165, 1.54) is 6.07 Å². The molecule has 3 heteroatoms. The van der Waals surface area contributed by atoms with E-state index in [4.69, 9.17) is 0 Å². The Labute approximate surface area is 112 Å². The molecule has 98 valence electrons. The van der Waals surface area contributed by atoms with E-state index in [1.807, 2.05) is 26.0 Å². The van der Waals surface area contributed by atoms with Gasteiger partial charge in [0.25, 0.3) is 0 Å². The van der Waals surface area contributed by atoms with Crippen LogP contribution < -0.4 is 0 Å². The molecule has 0 saturated carbocycles. The lowest BCUT2D eigenvalue weighted by molar-refractivity contribution is 0.112. The monoisotopic (exact) mass is 256 g/mol. The van der Waals surface area contributed by atoms with Crippen molar-refractivity contribution in [3.8, 4) is 11.5 Å². The fourth-order valence-electron chi connectivity index (χ4n) is 2.08. The lowest BCUT2D eigenvalue weighted by atomic mass is 9.77. The highest BCUT2D eigenvalue weighted by atomic mass is 16.3. The number of carbonyl (C=O) groups excluding carboxylic acids is 1. The average Bonchev–Trinajstić information content (AvgIpc) is 2.39. The van der Waals surface area contributed by atoms with Crippen LogP contribution in [0.15, 0.2) is 42.5 Å². The molecule has 0 spiro atoms. The summed E-state index contributed by atoms with van der Waals surface area (Å²) in [5, 5.41) is 18.9. The van der Waals surface area contributed by atoms with Crippen molar-refractivity contribution < 1.29 is 15.0 Å². The van der Waals surface area contributed by atoms with Gasteiger partial charge >= 0.3 is 0 Å². The summed E-state index contributed by atoms with van der Waals surface area (Å²) in [7, 11) is 0. The Morgan fingerprint density at radius 1 is 0.947 bits per heavy atom. The molecular formula is C16H16O3. The zero-order valence-corrected chi connectivity index (χ0v) is 10.9. The van der Waals surface area contributed by atoms with Crippen molar-refractivity contribution in [2.24, 2.45) is 0 Å². The SMILES string of the molecule is CC(C)(c1ccc(O)cc1)c1ccc(O)c(C=O)c1. The van der Waals surface area contributed by atoms with Gasteiger partial charge in [0, 0.05) is 5.41 Å². The molecule has 0 unspecified atom stereocenters. The Balaban J connectivity index is 2.49. The lowest BCUT2D eigenvalue weighted by Gasteiger charge is -2.26. The van der Waals surface area contributed by atoms with Gasteiger partial charge in [0.2, 0.25) is 0 Å². The van der Waals surface area contributed by atoms with Crippen LogP contribution in [0.2, 0.25) is 0 Å². The Morgan fingerprint density at radius 3 is 2.11 bits per heavy atom. The largest absolute Gasteiger partial charge is 0.508 e. The molecule has 0 fully saturated rings. The Bertz CT molecular complexity index is 598. The lowest BCUT2D eigenvalue weighted by Crippen LogP contribution is -2.18. The summed E-state index contributed by atoms with van der Waals surface area (Å²) in [4.78, 5) is 10.9. The van der Waals surface area contributed by atoms with Crippen LogP contribution in [0.25, 0.3) is 0 Å². The number of phenolic OH excluding ortho intramolecular Hbond substituents is 2. The van der Waals surface area contributed by atoms with Gasteiger partial charge in [-0.3, -0.25) is 4.79 Å². The van der Waals surface area contributed by atoms with Crippen LogP contribution in [-0.4, -0.2) is 16.5 Å². The molecule has 2 rings (SSSR count). The number of carbonyl (C=O) groups is 1. The van der Waals surface area contributed by atoms with Crippen molar-refractivity contribution in [2.75, 3.05) is 0 Å². The van der Waals surface area contributed by atoms with E-state index in [0.29, 0.717) is 6.29 Å². The third kappa shape index (κ3) is 2.45. The normalized spacial score (nSPS) is 11.3. The number of aromatic hydroxyl groups is 2. The zero-order valence-electron chi connectivity index (χ0n) is 10.9. The van der Waals surface area contributed by atoms with E-state index in [9.17, 15) is 15.0 Å². The van der Waals surface area contributed by atoms with Gasteiger partial charge in [0.05, 0.1) is 5.56 Å². The van der Waals surface area contributed by atoms with Crippen LogP contribution in [0.5, 0.6) is 11.5 Å². The molecule has 0 aliphatic heterocycles. The summed E-state index contributed by atoms with van der Waals surface area (Å²) in [6, 6.07) is 12.0. The first kappa shape index (κ1) is 13.1. The first-order valence-corrected chi connectivity index (χ1v) is 6.03. The molecule has 0 amide bonds. The fourth-order valence-corrected chi connectivity index (χ4v) is 2.08. The molecule has 0 saturated heterocycles. The number of hydrogen-bond acceptors (Lipinski definition) is 3. The molecule has 2 aromatic rings. The molecule has 0 heterocycles. The topological polar surface area (TPSA) is 57.5 Å². The Morgan fingerprint density at radius 2 is 1.53 bits per heavy atom. The molecule has 0 radical (unpaired) electrons. The summed E-state index contributed by atoms with van der Waals surface area (Å²) in [6.45, 7) is 4.06. The summed E-state index contributed by atoms with van der Waals surface area (Å²) in [5.74, 6) is 0.207. The fraction of sp³-hybridized carbons (Fsp3) is 0.188. The highest BCUT2D eigenvalue weighted by Gasteiger charge is 2.23. The molecule has 0 bridgehead atoms. The Kier molecular flexibility index (Phi) is 3.30. The quantitative estimate of drug-likeness (QED) is 0.829. The van der Waals surface area contributed by atoms with Gasteiger partial charge in [-0.05, 0) is 35.4 Å². The van der Waals surface area contributed by atoms with E-state index in [2.05, 4.69) is 0 Å². The van der Waals surface area contributed by atoms with Crippen LogP contribution in [0.3, 0.4) is 0 Å². The van der Waals surface area contributed by atoms with Crippen molar-refractivity contribution >= 4 is 6.29 Å². The van der Waals surface area contributed by atoms with Crippen LogP contribution in [0.1, 0.15) is 35.3 Å². The molecule has 19 heavy (non-hydrogen) atoms. The molecule has 2 aromatic carbocycles. The van der Waals surface area contributed by atoms with E-state index in [1.54, 1.807) is 24.3 Å². The summed E-state index contributed by atoms with van der Waals surface area (Å²) in [5.41, 5.74) is 1.91. The predicted octanol–water partition coefficient (Wildman–Crippen LogP) is 3.24. The van der Waals surface area contributed by atoms with E-state index in [-0.39, 0.29) is 22.5 Å². The zero-order chi connectivity index (χ0) is 14.0. The number of aldehydes is 1. The first-order valence-electron chi connectivity index (χ1n) is 6.03. The number of phenols is 2. The number of benzene rings is 2. The minimum absolute atomic E-state index is 0.0137. The minimum Gasteiger partial charge on any atom is -0.508 e. The van der Waals surface area contributed by atoms with Gasteiger partial charge in [-0.1, -0.05) is 32.0 Å². The summed E-state index contributed by atoms with van der Waals surface area (Å²) in [6.07, 6.45) is 0.645. The second kappa shape index (κ2) is 4.76. The third-order valence-electron chi connectivity index (χ3n) is 3.47. The smallest absolute Gasteiger partial charge is 0.153 e. The van der Waals surface area contributed by atoms with Crippen LogP contribution in [0.4, 0.5) is 0 Å². The standard InChI is InChI=1S/C16H16O3/c1-16(2,12-3-6-14(18)7-4-12)13-5-8-15(19)11(9-13)10-17/h3-10,18-19H,1-2H3. The van der Waals surface area contributed by atoms with Crippen molar-refractivity contribution in [1.82, 2.24) is 0 Å². The molecule has 0 aromatic heterocycles. The van der Waals surface area contributed by atoms with Gasteiger partial charge in [0.1, 0.15) is 11.5 Å². The summed E-state index contributed by atoms with van der Waals surface area (Å²) >= 11 is 0. The van der Waals surface area contributed by atoms with Gasteiger partial charge in [-0.2, -0.15) is 0 Å². The van der Waals surface area contributed by atoms with Gasteiger partial charge < -0.3 is 10.2 Å². The van der Waals surface area contributed by atoms with Crippen molar-refractivity contribution in [3.63, 3.8) is 0 Å². The van der Waals surface area contributed by atoms with Crippen LogP contribution in [0, 0.1) is 0 Å². The highest BCUT2D eigenvalue weighted by molar-refractivity contribution is 5.79. The molecule has 0 aliphatic carbocycles. The molecule has 0 aliphatic rings. The van der Waals surface area contributed by atoms with E-state index in [0.717, 1.165) is 11.1 Å². The van der Waals surface area contributed by atoms with Gasteiger partial charge in [-0.15, -0.1) is 0 Å².